The maximum Gasteiger partial charge on any atom is 0.226 e. The molecule has 0 unspecified atom stereocenters. The molecule has 25 heavy (non-hydrogen) atoms. The van der Waals surface area contributed by atoms with Crippen LogP contribution in [0.2, 0.25) is 0 Å². The zero-order valence-corrected chi connectivity index (χ0v) is 14.7. The summed E-state index contributed by atoms with van der Waals surface area (Å²) in [5, 5.41) is 3.24. The fourth-order valence-electron chi connectivity index (χ4n) is 4.36. The fourth-order valence-corrected chi connectivity index (χ4v) is 4.36. The maximum atomic E-state index is 12.8. The molecular weight excluding hydrogens is 316 g/mol. The van der Waals surface area contributed by atoms with Gasteiger partial charge in [0.05, 0.1) is 19.2 Å². The lowest BCUT2D eigenvalue weighted by Crippen LogP contribution is -2.49. The van der Waals surface area contributed by atoms with Crippen LogP contribution in [0.3, 0.4) is 0 Å². The first kappa shape index (κ1) is 16.4. The van der Waals surface area contributed by atoms with Gasteiger partial charge in [0.2, 0.25) is 11.8 Å². The molecule has 0 radical (unpaired) electrons. The number of hydrogen-bond acceptors (Lipinski definition) is 3. The highest BCUT2D eigenvalue weighted by Crippen LogP contribution is 2.40. The molecule has 0 bridgehead atoms. The molecule has 5 heteroatoms. The minimum Gasteiger partial charge on any atom is -0.497 e. The van der Waals surface area contributed by atoms with Crippen LogP contribution in [0.25, 0.3) is 0 Å². The summed E-state index contributed by atoms with van der Waals surface area (Å²) >= 11 is 0. The quantitative estimate of drug-likeness (QED) is 0.918. The van der Waals surface area contributed by atoms with Crippen molar-refractivity contribution in [2.75, 3.05) is 13.7 Å². The summed E-state index contributed by atoms with van der Waals surface area (Å²) in [6.45, 7) is 0.693. The highest BCUT2D eigenvalue weighted by atomic mass is 16.5. The van der Waals surface area contributed by atoms with E-state index < -0.39 is 0 Å². The number of nitrogens with zero attached hydrogens (tertiary/aromatic N) is 1. The average Bonchev–Trinajstić information content (AvgIpc) is 3.40. The molecule has 4 rings (SSSR count). The van der Waals surface area contributed by atoms with Crippen LogP contribution in [0.15, 0.2) is 24.3 Å². The number of carbonyl (C=O) groups excluding carboxylic acids is 2. The molecule has 1 aliphatic carbocycles. The molecule has 2 amide bonds. The summed E-state index contributed by atoms with van der Waals surface area (Å²) < 4.78 is 5.37. The van der Waals surface area contributed by atoms with Gasteiger partial charge in [0.25, 0.3) is 0 Å². The molecule has 1 aromatic carbocycles. The molecule has 2 saturated heterocycles. The monoisotopic (exact) mass is 342 g/mol. The van der Waals surface area contributed by atoms with Gasteiger partial charge in [0.1, 0.15) is 5.75 Å². The van der Waals surface area contributed by atoms with Gasteiger partial charge in [0.15, 0.2) is 0 Å². The van der Waals surface area contributed by atoms with E-state index in [-0.39, 0.29) is 35.7 Å². The number of fused-ring (bicyclic) bond motifs is 1. The van der Waals surface area contributed by atoms with Crippen molar-refractivity contribution >= 4 is 11.8 Å². The lowest BCUT2D eigenvalue weighted by atomic mass is 9.88. The molecule has 2 aliphatic heterocycles. The largest absolute Gasteiger partial charge is 0.497 e. The van der Waals surface area contributed by atoms with Gasteiger partial charge in [0, 0.05) is 24.8 Å². The molecule has 1 N–H and O–H groups in total. The Hall–Kier alpha value is -2.04. The van der Waals surface area contributed by atoms with Crippen molar-refractivity contribution in [3.63, 3.8) is 0 Å². The molecular formula is C20H26N2O3. The second kappa shape index (κ2) is 6.70. The second-order valence-electron chi connectivity index (χ2n) is 7.55. The SMILES string of the molecule is COc1cccc([C@@H]2CN(C(=O)C3CC3)[C@@H]3CCCCC(=O)N[C@H]32)c1. The summed E-state index contributed by atoms with van der Waals surface area (Å²) in [4.78, 5) is 27.2. The first-order valence-corrected chi connectivity index (χ1v) is 9.41. The normalized spacial score (nSPS) is 29.4. The minimum atomic E-state index is 0.00241. The number of carbonyl (C=O) groups is 2. The van der Waals surface area contributed by atoms with Crippen molar-refractivity contribution in [1.82, 2.24) is 10.2 Å². The molecule has 2 heterocycles. The zero-order valence-electron chi connectivity index (χ0n) is 14.7. The summed E-state index contributed by atoms with van der Waals surface area (Å²) in [6.07, 6.45) is 5.51. The van der Waals surface area contributed by atoms with Gasteiger partial charge in [-0.1, -0.05) is 18.6 Å². The topological polar surface area (TPSA) is 58.6 Å². The average molecular weight is 342 g/mol. The van der Waals surface area contributed by atoms with E-state index in [9.17, 15) is 9.59 Å². The van der Waals surface area contributed by atoms with Gasteiger partial charge in [-0.25, -0.2) is 0 Å². The lowest BCUT2D eigenvalue weighted by molar-refractivity contribution is -0.134. The van der Waals surface area contributed by atoms with Gasteiger partial charge < -0.3 is 15.0 Å². The van der Waals surface area contributed by atoms with Crippen molar-refractivity contribution in [2.24, 2.45) is 5.92 Å². The molecule has 0 aromatic heterocycles. The van der Waals surface area contributed by atoms with Gasteiger partial charge in [-0.3, -0.25) is 9.59 Å². The Morgan fingerprint density at radius 1 is 1.24 bits per heavy atom. The van der Waals surface area contributed by atoms with Crippen molar-refractivity contribution in [1.29, 1.82) is 0 Å². The van der Waals surface area contributed by atoms with Crippen LogP contribution in [0.5, 0.6) is 5.75 Å². The number of amides is 2. The van der Waals surface area contributed by atoms with Gasteiger partial charge >= 0.3 is 0 Å². The molecule has 0 spiro atoms. The van der Waals surface area contributed by atoms with Crippen LogP contribution < -0.4 is 10.1 Å². The second-order valence-corrected chi connectivity index (χ2v) is 7.55. The Balaban J connectivity index is 1.66. The molecule has 1 aromatic rings. The van der Waals surface area contributed by atoms with E-state index in [1.807, 2.05) is 18.2 Å². The van der Waals surface area contributed by atoms with Crippen LogP contribution in [0.1, 0.15) is 50.0 Å². The third kappa shape index (κ3) is 3.24. The highest BCUT2D eigenvalue weighted by molar-refractivity contribution is 5.82. The Morgan fingerprint density at radius 2 is 2.08 bits per heavy atom. The van der Waals surface area contributed by atoms with Gasteiger partial charge in [-0.15, -0.1) is 0 Å². The Kier molecular flexibility index (Phi) is 4.40. The molecule has 3 aliphatic rings. The van der Waals surface area contributed by atoms with Crippen LogP contribution in [0, 0.1) is 5.92 Å². The Labute approximate surface area is 148 Å². The van der Waals surface area contributed by atoms with Crippen molar-refractivity contribution < 1.29 is 14.3 Å². The van der Waals surface area contributed by atoms with Crippen molar-refractivity contribution in [2.45, 2.75) is 56.5 Å². The van der Waals surface area contributed by atoms with Crippen molar-refractivity contribution in [3.05, 3.63) is 29.8 Å². The van der Waals surface area contributed by atoms with Crippen LogP contribution in [0.4, 0.5) is 0 Å². The third-order valence-electron chi connectivity index (χ3n) is 5.85. The number of rotatable bonds is 3. The van der Waals surface area contributed by atoms with Crippen molar-refractivity contribution in [3.8, 4) is 5.75 Å². The fraction of sp³-hybridized carbons (Fsp3) is 0.600. The van der Waals surface area contributed by atoms with E-state index >= 15 is 0 Å². The zero-order chi connectivity index (χ0) is 17.4. The van der Waals surface area contributed by atoms with E-state index in [0.29, 0.717) is 13.0 Å². The van der Waals surface area contributed by atoms with E-state index in [1.165, 1.54) is 0 Å². The Morgan fingerprint density at radius 3 is 2.84 bits per heavy atom. The first-order chi connectivity index (χ1) is 12.2. The first-order valence-electron chi connectivity index (χ1n) is 9.41. The number of likely N-dealkylation sites (tertiary alicyclic amines) is 1. The standard InChI is InChI=1S/C20H26N2O3/c1-25-15-6-4-5-14(11-15)16-12-22(20(24)13-9-10-13)17-7-2-3-8-18(23)21-19(16)17/h4-6,11,13,16-17,19H,2-3,7-10,12H2,1H3,(H,21,23)/t16-,17+,19-/m0/s1. The molecule has 3 atom stereocenters. The minimum absolute atomic E-state index is 0.00241. The smallest absolute Gasteiger partial charge is 0.226 e. The van der Waals surface area contributed by atoms with Crippen LogP contribution >= 0.6 is 0 Å². The number of hydrogen-bond donors (Lipinski definition) is 1. The molecule has 134 valence electrons. The van der Waals surface area contributed by atoms with Crippen LogP contribution in [-0.4, -0.2) is 42.5 Å². The summed E-state index contributed by atoms with van der Waals surface area (Å²) in [5.74, 6) is 1.56. The van der Waals surface area contributed by atoms with Gasteiger partial charge in [-0.2, -0.15) is 0 Å². The maximum absolute atomic E-state index is 12.8. The van der Waals surface area contributed by atoms with E-state index in [0.717, 1.165) is 43.4 Å². The number of benzene rings is 1. The third-order valence-corrected chi connectivity index (χ3v) is 5.85. The number of ether oxygens (including phenoxy) is 1. The summed E-state index contributed by atoms with van der Waals surface area (Å²) in [5.41, 5.74) is 1.14. The van der Waals surface area contributed by atoms with Crippen LogP contribution in [-0.2, 0) is 9.59 Å². The summed E-state index contributed by atoms with van der Waals surface area (Å²) in [6, 6.07) is 8.16. The van der Waals surface area contributed by atoms with E-state index in [1.54, 1.807) is 7.11 Å². The number of nitrogens with one attached hydrogen (secondary N) is 1. The predicted octanol–water partition coefficient (Wildman–Crippen LogP) is 2.46. The van der Waals surface area contributed by atoms with Gasteiger partial charge in [-0.05, 0) is 43.4 Å². The molecule has 5 nitrogen and oxygen atoms in total. The lowest BCUT2D eigenvalue weighted by Gasteiger charge is -2.31. The highest BCUT2D eigenvalue weighted by Gasteiger charge is 2.48. The number of methoxy groups -OCH3 is 1. The molecule has 3 fully saturated rings. The summed E-state index contributed by atoms with van der Waals surface area (Å²) in [7, 11) is 1.66. The predicted molar refractivity (Wildman–Crippen MR) is 94.4 cm³/mol. The Bertz CT molecular complexity index is 671. The van der Waals surface area contributed by atoms with E-state index in [4.69, 9.17) is 4.74 Å². The van der Waals surface area contributed by atoms with E-state index in [2.05, 4.69) is 16.3 Å². The molecule has 1 saturated carbocycles.